The highest BCUT2D eigenvalue weighted by Crippen LogP contribution is 2.26. The molecule has 2 aromatic carbocycles. The number of benzene rings is 2. The molecular formula is C25H26N4O3. The number of aromatic nitrogens is 3. The molecule has 1 aliphatic heterocycles. The van der Waals surface area contributed by atoms with Gasteiger partial charge in [-0.1, -0.05) is 42.0 Å². The molecule has 164 valence electrons. The van der Waals surface area contributed by atoms with Crippen LogP contribution in [-0.2, 0) is 11.2 Å². The number of nitrogens with zero attached hydrogens (tertiary/aromatic N) is 3. The number of rotatable bonds is 5. The molecule has 1 fully saturated rings. The van der Waals surface area contributed by atoms with Crippen molar-refractivity contribution in [2.75, 3.05) is 13.1 Å². The van der Waals surface area contributed by atoms with Gasteiger partial charge in [-0.05, 0) is 31.9 Å². The van der Waals surface area contributed by atoms with Crippen molar-refractivity contribution >= 4 is 16.9 Å². The Bertz CT molecular complexity index is 1290. The van der Waals surface area contributed by atoms with Crippen LogP contribution in [0.2, 0.25) is 0 Å². The maximum Gasteiger partial charge on any atom is 0.326 e. The zero-order chi connectivity index (χ0) is 22.1. The highest BCUT2D eigenvalue weighted by molar-refractivity contribution is 5.77. The quantitative estimate of drug-likeness (QED) is 0.517. The normalized spacial score (nSPS) is 14.8. The number of likely N-dealkylation sites (tertiary alicyclic amines) is 1. The van der Waals surface area contributed by atoms with E-state index in [-0.39, 0.29) is 17.6 Å². The van der Waals surface area contributed by atoms with Crippen molar-refractivity contribution in [3.8, 4) is 11.3 Å². The minimum atomic E-state index is -0.0794. The van der Waals surface area contributed by atoms with Crippen LogP contribution in [0.25, 0.3) is 22.4 Å². The predicted octanol–water partition coefficient (Wildman–Crippen LogP) is 4.09. The van der Waals surface area contributed by atoms with Crippen LogP contribution in [0.3, 0.4) is 0 Å². The molecule has 1 saturated heterocycles. The first-order chi connectivity index (χ1) is 15.6. The molecule has 1 N–H and O–H groups in total. The Morgan fingerprint density at radius 2 is 1.88 bits per heavy atom. The Kier molecular flexibility index (Phi) is 5.39. The molecule has 1 amide bonds. The SMILES string of the molecule is Cc1ccc(-c2cnc(CCC(=O)N3CCC(n4c(=O)[nH]c5ccccc54)CC3)o2)cc1. The summed E-state index contributed by atoms with van der Waals surface area (Å²) in [4.78, 5) is 34.3. The third-order valence-corrected chi connectivity index (χ3v) is 6.25. The summed E-state index contributed by atoms with van der Waals surface area (Å²) in [5, 5.41) is 0. The number of piperidine rings is 1. The second-order valence-corrected chi connectivity index (χ2v) is 8.41. The molecule has 7 nitrogen and oxygen atoms in total. The Morgan fingerprint density at radius 1 is 1.12 bits per heavy atom. The monoisotopic (exact) mass is 430 g/mol. The highest BCUT2D eigenvalue weighted by atomic mass is 16.4. The summed E-state index contributed by atoms with van der Waals surface area (Å²) in [6.07, 6.45) is 4.10. The molecule has 0 aliphatic carbocycles. The van der Waals surface area contributed by atoms with Crippen molar-refractivity contribution in [2.45, 2.75) is 38.6 Å². The largest absolute Gasteiger partial charge is 0.441 e. The van der Waals surface area contributed by atoms with Gasteiger partial charge in [0.05, 0.1) is 17.2 Å². The number of nitrogens with one attached hydrogen (secondary N) is 1. The molecule has 0 unspecified atom stereocenters. The fourth-order valence-electron chi connectivity index (χ4n) is 4.46. The first-order valence-electron chi connectivity index (χ1n) is 11.1. The molecule has 7 heteroatoms. The number of imidazole rings is 1. The highest BCUT2D eigenvalue weighted by Gasteiger charge is 2.26. The third-order valence-electron chi connectivity index (χ3n) is 6.25. The Balaban J connectivity index is 1.17. The molecule has 3 heterocycles. The summed E-state index contributed by atoms with van der Waals surface area (Å²) in [7, 11) is 0. The van der Waals surface area contributed by atoms with E-state index in [1.807, 2.05) is 64.9 Å². The fourth-order valence-corrected chi connectivity index (χ4v) is 4.46. The van der Waals surface area contributed by atoms with Crippen LogP contribution < -0.4 is 5.69 Å². The van der Waals surface area contributed by atoms with Gasteiger partial charge in [0.15, 0.2) is 11.7 Å². The average Bonchev–Trinajstić information content (AvgIpc) is 3.42. The number of amides is 1. The topological polar surface area (TPSA) is 84.1 Å². The van der Waals surface area contributed by atoms with E-state index >= 15 is 0 Å². The molecular weight excluding hydrogens is 404 g/mol. The maximum absolute atomic E-state index is 12.7. The van der Waals surface area contributed by atoms with E-state index in [0.717, 1.165) is 35.2 Å². The van der Waals surface area contributed by atoms with Crippen LogP contribution in [0, 0.1) is 6.92 Å². The summed E-state index contributed by atoms with van der Waals surface area (Å²) in [6, 6.07) is 15.9. The van der Waals surface area contributed by atoms with Gasteiger partial charge >= 0.3 is 5.69 Å². The van der Waals surface area contributed by atoms with Gasteiger partial charge in [-0.3, -0.25) is 9.36 Å². The molecule has 2 aromatic heterocycles. The van der Waals surface area contributed by atoms with Crippen LogP contribution >= 0.6 is 0 Å². The van der Waals surface area contributed by atoms with Crippen LogP contribution in [0.4, 0.5) is 0 Å². The van der Waals surface area contributed by atoms with Gasteiger partial charge in [0.25, 0.3) is 0 Å². The second kappa shape index (κ2) is 8.49. The zero-order valence-corrected chi connectivity index (χ0v) is 18.1. The third kappa shape index (κ3) is 3.98. The number of H-pyrrole nitrogens is 1. The van der Waals surface area contributed by atoms with E-state index in [1.165, 1.54) is 5.56 Å². The first-order valence-corrected chi connectivity index (χ1v) is 11.1. The smallest absolute Gasteiger partial charge is 0.326 e. The van der Waals surface area contributed by atoms with Crippen molar-refractivity contribution < 1.29 is 9.21 Å². The number of carbonyl (C=O) groups is 1. The lowest BCUT2D eigenvalue weighted by Gasteiger charge is -2.32. The minimum absolute atomic E-state index is 0.0794. The summed E-state index contributed by atoms with van der Waals surface area (Å²) in [5.41, 5.74) is 3.87. The van der Waals surface area contributed by atoms with E-state index in [2.05, 4.69) is 9.97 Å². The number of oxazole rings is 1. The van der Waals surface area contributed by atoms with Crippen molar-refractivity contribution in [1.29, 1.82) is 0 Å². The first kappa shape index (κ1) is 20.3. The summed E-state index contributed by atoms with van der Waals surface area (Å²) in [6.45, 7) is 3.34. The summed E-state index contributed by atoms with van der Waals surface area (Å²) in [5.74, 6) is 1.40. The number of hydrogen-bond donors (Lipinski definition) is 1. The Hall–Kier alpha value is -3.61. The predicted molar refractivity (Wildman–Crippen MR) is 122 cm³/mol. The van der Waals surface area contributed by atoms with E-state index in [9.17, 15) is 9.59 Å². The van der Waals surface area contributed by atoms with Gasteiger partial charge in [0.1, 0.15) is 0 Å². The molecule has 32 heavy (non-hydrogen) atoms. The number of aromatic amines is 1. The molecule has 0 radical (unpaired) electrons. The van der Waals surface area contributed by atoms with Gasteiger partial charge in [0, 0.05) is 37.5 Å². The summed E-state index contributed by atoms with van der Waals surface area (Å²) >= 11 is 0. The standard InChI is InChI=1S/C25H26N4O3/c1-17-6-8-18(9-7-17)22-16-26-23(32-22)10-11-24(30)28-14-12-19(13-15-28)29-21-5-3-2-4-20(21)27-25(29)31/h2-9,16,19H,10-15H2,1H3,(H,27,31). The van der Waals surface area contributed by atoms with Crippen LogP contribution in [-0.4, -0.2) is 38.4 Å². The number of carbonyl (C=O) groups excluding carboxylic acids is 1. The van der Waals surface area contributed by atoms with Gasteiger partial charge in [0.2, 0.25) is 5.91 Å². The maximum atomic E-state index is 12.7. The number of hydrogen-bond acceptors (Lipinski definition) is 4. The average molecular weight is 431 g/mol. The summed E-state index contributed by atoms with van der Waals surface area (Å²) < 4.78 is 7.69. The number of aryl methyl sites for hydroxylation is 2. The zero-order valence-electron chi connectivity index (χ0n) is 18.1. The molecule has 0 saturated carbocycles. The van der Waals surface area contributed by atoms with Gasteiger partial charge < -0.3 is 14.3 Å². The van der Waals surface area contributed by atoms with Crippen molar-refractivity contribution in [3.05, 3.63) is 76.7 Å². The minimum Gasteiger partial charge on any atom is -0.441 e. The van der Waals surface area contributed by atoms with Crippen molar-refractivity contribution in [3.63, 3.8) is 0 Å². The van der Waals surface area contributed by atoms with Crippen LogP contribution in [0.1, 0.15) is 36.8 Å². The molecule has 1 aliphatic rings. The van der Waals surface area contributed by atoms with Gasteiger partial charge in [-0.15, -0.1) is 0 Å². The molecule has 5 rings (SSSR count). The second-order valence-electron chi connectivity index (χ2n) is 8.41. The Labute approximate surface area is 185 Å². The van der Waals surface area contributed by atoms with Crippen LogP contribution in [0.5, 0.6) is 0 Å². The lowest BCUT2D eigenvalue weighted by Crippen LogP contribution is -2.40. The number of para-hydroxylation sites is 2. The molecule has 0 bridgehead atoms. The lowest BCUT2D eigenvalue weighted by molar-refractivity contribution is -0.132. The van der Waals surface area contributed by atoms with E-state index in [4.69, 9.17) is 4.42 Å². The van der Waals surface area contributed by atoms with Crippen LogP contribution in [0.15, 0.2) is 63.9 Å². The van der Waals surface area contributed by atoms with Crippen molar-refractivity contribution in [2.24, 2.45) is 0 Å². The van der Waals surface area contributed by atoms with E-state index in [1.54, 1.807) is 6.20 Å². The Morgan fingerprint density at radius 3 is 2.66 bits per heavy atom. The van der Waals surface area contributed by atoms with Gasteiger partial charge in [-0.2, -0.15) is 0 Å². The number of fused-ring (bicyclic) bond motifs is 1. The molecule has 4 aromatic rings. The lowest BCUT2D eigenvalue weighted by atomic mass is 10.0. The fraction of sp³-hybridized carbons (Fsp3) is 0.320. The molecule has 0 atom stereocenters. The molecule has 0 spiro atoms. The van der Waals surface area contributed by atoms with Gasteiger partial charge in [-0.25, -0.2) is 9.78 Å². The van der Waals surface area contributed by atoms with E-state index in [0.29, 0.717) is 31.8 Å². The van der Waals surface area contributed by atoms with Crippen molar-refractivity contribution in [1.82, 2.24) is 19.4 Å². The van der Waals surface area contributed by atoms with E-state index < -0.39 is 0 Å².